The van der Waals surface area contributed by atoms with Crippen LogP contribution in [0.15, 0.2) is 18.2 Å². The number of hydrogen-bond acceptors (Lipinski definition) is 2. The third kappa shape index (κ3) is 4.37. The smallest absolute Gasteiger partial charge is 0.137 e. The molecule has 0 amide bonds. The predicted octanol–water partition coefficient (Wildman–Crippen LogP) is 1.72. The SMILES string of the molecule is Cc1cc(Cl)ccc1OCC[NH+]1C[C@H](C)O[C@@H](C)C1. The van der Waals surface area contributed by atoms with Gasteiger partial charge in [-0.25, -0.2) is 0 Å². The van der Waals surface area contributed by atoms with Gasteiger partial charge in [-0.2, -0.15) is 0 Å². The second-order valence-electron chi connectivity index (χ2n) is 5.42. The lowest BCUT2D eigenvalue weighted by molar-refractivity contribution is -0.915. The van der Waals surface area contributed by atoms with E-state index in [-0.39, 0.29) is 0 Å². The van der Waals surface area contributed by atoms with E-state index in [1.54, 1.807) is 4.90 Å². The van der Waals surface area contributed by atoms with Crippen molar-refractivity contribution in [2.75, 3.05) is 26.2 Å². The molecule has 1 N–H and O–H groups in total. The Bertz CT molecular complexity index is 415. The second kappa shape index (κ2) is 6.60. The summed E-state index contributed by atoms with van der Waals surface area (Å²) in [6.07, 6.45) is 0.687. The zero-order valence-corrected chi connectivity index (χ0v) is 12.7. The summed E-state index contributed by atoms with van der Waals surface area (Å²) in [6.45, 7) is 10.2. The Labute approximate surface area is 120 Å². The average molecular weight is 285 g/mol. The average Bonchev–Trinajstić information content (AvgIpc) is 2.30. The Hall–Kier alpha value is -0.770. The molecule has 0 radical (unpaired) electrons. The van der Waals surface area contributed by atoms with Crippen molar-refractivity contribution < 1.29 is 14.4 Å². The van der Waals surface area contributed by atoms with Crippen molar-refractivity contribution in [2.24, 2.45) is 0 Å². The molecule has 0 aliphatic carbocycles. The molecule has 2 rings (SSSR count). The van der Waals surface area contributed by atoms with Crippen molar-refractivity contribution in [1.29, 1.82) is 0 Å². The molecular weight excluding hydrogens is 262 g/mol. The fourth-order valence-corrected chi connectivity index (χ4v) is 2.90. The Kier molecular flexibility index (Phi) is 5.08. The van der Waals surface area contributed by atoms with Gasteiger partial charge in [0.15, 0.2) is 0 Å². The first-order valence-corrected chi connectivity index (χ1v) is 7.30. The fourth-order valence-electron chi connectivity index (χ4n) is 2.67. The molecule has 0 spiro atoms. The van der Waals surface area contributed by atoms with Gasteiger partial charge >= 0.3 is 0 Å². The Morgan fingerprint density at radius 2 is 2.00 bits per heavy atom. The summed E-state index contributed by atoms with van der Waals surface area (Å²) in [4.78, 5) is 1.55. The zero-order chi connectivity index (χ0) is 13.8. The molecular formula is C15H23ClNO2+. The third-order valence-corrected chi connectivity index (χ3v) is 3.70. The molecule has 1 aromatic rings. The fraction of sp³-hybridized carbons (Fsp3) is 0.600. The minimum atomic E-state index is 0.344. The number of rotatable bonds is 4. The number of hydrogen-bond donors (Lipinski definition) is 1. The van der Waals surface area contributed by atoms with Crippen molar-refractivity contribution in [3.05, 3.63) is 28.8 Å². The van der Waals surface area contributed by atoms with E-state index < -0.39 is 0 Å². The summed E-state index contributed by atoms with van der Waals surface area (Å²) in [5.74, 6) is 0.929. The number of nitrogens with one attached hydrogen (secondary N) is 1. The van der Waals surface area contributed by atoms with Crippen LogP contribution < -0.4 is 9.64 Å². The van der Waals surface area contributed by atoms with Crippen LogP contribution in [0.3, 0.4) is 0 Å². The van der Waals surface area contributed by atoms with Gasteiger partial charge in [-0.3, -0.25) is 0 Å². The number of morpholine rings is 1. The molecule has 0 aromatic heterocycles. The monoisotopic (exact) mass is 284 g/mol. The standard InChI is InChI=1S/C15H22ClNO2/c1-11-8-14(16)4-5-15(11)18-7-6-17-9-12(2)19-13(3)10-17/h4-5,8,12-13H,6-7,9-10H2,1-3H3/p+1/t12-,13-/m0/s1. The normalized spacial score (nSPS) is 27.3. The highest BCUT2D eigenvalue weighted by Crippen LogP contribution is 2.21. The molecule has 106 valence electrons. The third-order valence-electron chi connectivity index (χ3n) is 3.47. The molecule has 1 heterocycles. The van der Waals surface area contributed by atoms with E-state index in [1.807, 2.05) is 25.1 Å². The van der Waals surface area contributed by atoms with Crippen LogP contribution in [0.1, 0.15) is 19.4 Å². The molecule has 1 saturated heterocycles. The maximum absolute atomic E-state index is 5.93. The van der Waals surface area contributed by atoms with Crippen LogP contribution in [0, 0.1) is 6.92 Å². The maximum atomic E-state index is 5.93. The van der Waals surface area contributed by atoms with Crippen LogP contribution in [-0.4, -0.2) is 38.4 Å². The molecule has 2 atom stereocenters. The first-order valence-electron chi connectivity index (χ1n) is 6.92. The first-order chi connectivity index (χ1) is 9.04. The predicted molar refractivity (Wildman–Crippen MR) is 77.3 cm³/mol. The van der Waals surface area contributed by atoms with Crippen LogP contribution in [0.5, 0.6) is 5.75 Å². The Morgan fingerprint density at radius 3 is 2.63 bits per heavy atom. The van der Waals surface area contributed by atoms with E-state index in [1.165, 1.54) is 0 Å². The number of quaternary nitrogens is 1. The molecule has 1 fully saturated rings. The van der Waals surface area contributed by atoms with Crippen molar-refractivity contribution in [3.8, 4) is 5.75 Å². The van der Waals surface area contributed by atoms with Crippen molar-refractivity contribution >= 4 is 11.6 Å². The summed E-state index contributed by atoms with van der Waals surface area (Å²) < 4.78 is 11.6. The van der Waals surface area contributed by atoms with Crippen molar-refractivity contribution in [3.63, 3.8) is 0 Å². The van der Waals surface area contributed by atoms with E-state index in [2.05, 4.69) is 13.8 Å². The number of halogens is 1. The highest BCUT2D eigenvalue weighted by molar-refractivity contribution is 6.30. The quantitative estimate of drug-likeness (QED) is 0.910. The molecule has 0 bridgehead atoms. The zero-order valence-electron chi connectivity index (χ0n) is 11.9. The van der Waals surface area contributed by atoms with Gasteiger partial charge in [-0.05, 0) is 44.5 Å². The van der Waals surface area contributed by atoms with Crippen LogP contribution in [0.25, 0.3) is 0 Å². The Morgan fingerprint density at radius 1 is 1.32 bits per heavy atom. The summed E-state index contributed by atoms with van der Waals surface area (Å²) in [7, 11) is 0. The van der Waals surface area contributed by atoms with Gasteiger partial charge in [0, 0.05) is 5.02 Å². The summed E-state index contributed by atoms with van der Waals surface area (Å²) in [5, 5.41) is 0.756. The maximum Gasteiger partial charge on any atom is 0.137 e. The van der Waals surface area contributed by atoms with Gasteiger partial charge in [0.2, 0.25) is 0 Å². The van der Waals surface area contributed by atoms with Gasteiger partial charge in [0.25, 0.3) is 0 Å². The van der Waals surface area contributed by atoms with Crippen molar-refractivity contribution in [2.45, 2.75) is 33.0 Å². The van der Waals surface area contributed by atoms with Crippen LogP contribution in [-0.2, 0) is 4.74 Å². The molecule has 19 heavy (non-hydrogen) atoms. The largest absolute Gasteiger partial charge is 0.487 e. The number of benzene rings is 1. The summed E-state index contributed by atoms with van der Waals surface area (Å²) in [6, 6.07) is 5.75. The van der Waals surface area contributed by atoms with E-state index >= 15 is 0 Å². The molecule has 1 aliphatic rings. The van der Waals surface area contributed by atoms with Crippen LogP contribution >= 0.6 is 11.6 Å². The van der Waals surface area contributed by atoms with E-state index in [0.717, 1.165) is 42.6 Å². The van der Waals surface area contributed by atoms with Gasteiger partial charge in [-0.15, -0.1) is 0 Å². The Balaban J connectivity index is 1.80. The highest BCUT2D eigenvalue weighted by atomic mass is 35.5. The minimum Gasteiger partial charge on any atom is -0.487 e. The number of aryl methyl sites for hydroxylation is 1. The summed E-state index contributed by atoms with van der Waals surface area (Å²) in [5.41, 5.74) is 1.09. The van der Waals surface area contributed by atoms with E-state index in [9.17, 15) is 0 Å². The first kappa shape index (κ1) is 14.6. The van der Waals surface area contributed by atoms with Crippen LogP contribution in [0.4, 0.5) is 0 Å². The molecule has 3 nitrogen and oxygen atoms in total. The lowest BCUT2D eigenvalue weighted by Crippen LogP contribution is -3.16. The van der Waals surface area contributed by atoms with Crippen LogP contribution in [0.2, 0.25) is 5.02 Å². The molecule has 1 aromatic carbocycles. The molecule has 0 saturated carbocycles. The second-order valence-corrected chi connectivity index (χ2v) is 5.86. The van der Waals surface area contributed by atoms with E-state index in [0.29, 0.717) is 12.2 Å². The summed E-state index contributed by atoms with van der Waals surface area (Å²) >= 11 is 5.93. The minimum absolute atomic E-state index is 0.344. The lowest BCUT2D eigenvalue weighted by atomic mass is 10.2. The number of ether oxygens (including phenoxy) is 2. The highest BCUT2D eigenvalue weighted by Gasteiger charge is 2.25. The van der Waals surface area contributed by atoms with E-state index in [4.69, 9.17) is 21.1 Å². The molecule has 1 aliphatic heterocycles. The van der Waals surface area contributed by atoms with Gasteiger partial charge < -0.3 is 14.4 Å². The van der Waals surface area contributed by atoms with Gasteiger partial charge in [-0.1, -0.05) is 11.6 Å². The van der Waals surface area contributed by atoms with Gasteiger partial charge in [0.05, 0.1) is 0 Å². The van der Waals surface area contributed by atoms with Crippen molar-refractivity contribution in [1.82, 2.24) is 0 Å². The van der Waals surface area contributed by atoms with Gasteiger partial charge in [0.1, 0.15) is 44.2 Å². The lowest BCUT2D eigenvalue weighted by Gasteiger charge is -2.32. The molecule has 0 unspecified atom stereocenters. The topological polar surface area (TPSA) is 22.9 Å². The molecule has 4 heteroatoms.